The van der Waals surface area contributed by atoms with Crippen molar-refractivity contribution in [2.45, 2.75) is 0 Å². The molecule has 29 heavy (non-hydrogen) atoms. The SMILES string of the molecule is C=C/C(NC(=O)c1ccc2c(c1)C(=O)N(c1ccccc1)C2=O)=C(\C=C)C(=O)O. The molecule has 7 nitrogen and oxygen atoms in total. The fourth-order valence-corrected chi connectivity index (χ4v) is 2.93. The van der Waals surface area contributed by atoms with Crippen LogP contribution in [0, 0.1) is 0 Å². The maximum atomic E-state index is 12.8. The molecule has 3 rings (SSSR count). The van der Waals surface area contributed by atoms with E-state index in [1.807, 2.05) is 0 Å². The zero-order chi connectivity index (χ0) is 21.1. The minimum absolute atomic E-state index is 0.0358. The summed E-state index contributed by atoms with van der Waals surface area (Å²) < 4.78 is 0. The van der Waals surface area contributed by atoms with Crippen LogP contribution >= 0.6 is 0 Å². The van der Waals surface area contributed by atoms with Crippen molar-refractivity contribution in [1.82, 2.24) is 5.32 Å². The number of allylic oxidation sites excluding steroid dienone is 1. The maximum Gasteiger partial charge on any atom is 0.337 e. The van der Waals surface area contributed by atoms with Gasteiger partial charge in [-0.25, -0.2) is 9.69 Å². The number of aliphatic carboxylic acids is 1. The first kappa shape index (κ1) is 19.5. The van der Waals surface area contributed by atoms with Gasteiger partial charge in [0.15, 0.2) is 0 Å². The summed E-state index contributed by atoms with van der Waals surface area (Å²) in [5.74, 6) is -2.94. The number of para-hydroxylation sites is 1. The Hall–Kier alpha value is -4.26. The highest BCUT2D eigenvalue weighted by atomic mass is 16.4. The number of fused-ring (bicyclic) bond motifs is 1. The van der Waals surface area contributed by atoms with Crippen LogP contribution in [0.1, 0.15) is 31.1 Å². The van der Waals surface area contributed by atoms with Crippen LogP contribution < -0.4 is 10.2 Å². The first-order chi connectivity index (χ1) is 13.9. The zero-order valence-corrected chi connectivity index (χ0v) is 15.2. The van der Waals surface area contributed by atoms with E-state index in [-0.39, 0.29) is 28.0 Å². The van der Waals surface area contributed by atoms with E-state index in [4.69, 9.17) is 0 Å². The molecule has 0 spiro atoms. The summed E-state index contributed by atoms with van der Waals surface area (Å²) in [6, 6.07) is 12.6. The van der Waals surface area contributed by atoms with Crippen LogP contribution in [0.15, 0.2) is 85.1 Å². The van der Waals surface area contributed by atoms with Gasteiger partial charge in [0.05, 0.1) is 28.1 Å². The zero-order valence-electron chi connectivity index (χ0n) is 15.2. The molecule has 0 aromatic heterocycles. The fourth-order valence-electron chi connectivity index (χ4n) is 2.93. The average molecular weight is 388 g/mol. The van der Waals surface area contributed by atoms with Crippen LogP contribution in [-0.4, -0.2) is 28.8 Å². The van der Waals surface area contributed by atoms with E-state index in [9.17, 15) is 24.3 Å². The van der Waals surface area contributed by atoms with E-state index in [0.29, 0.717) is 5.69 Å². The van der Waals surface area contributed by atoms with Crippen LogP contribution in [0.25, 0.3) is 0 Å². The van der Waals surface area contributed by atoms with E-state index in [1.54, 1.807) is 30.3 Å². The summed E-state index contributed by atoms with van der Waals surface area (Å²) in [7, 11) is 0. The Balaban J connectivity index is 1.94. The van der Waals surface area contributed by atoms with Crippen LogP contribution in [0.5, 0.6) is 0 Å². The number of hydrogen-bond donors (Lipinski definition) is 2. The Kier molecular flexibility index (Phi) is 5.23. The molecule has 0 aliphatic carbocycles. The van der Waals surface area contributed by atoms with Crippen molar-refractivity contribution in [3.63, 3.8) is 0 Å². The average Bonchev–Trinajstić information content (AvgIpc) is 2.97. The molecule has 7 heteroatoms. The lowest BCUT2D eigenvalue weighted by Crippen LogP contribution is -2.29. The van der Waals surface area contributed by atoms with Crippen molar-refractivity contribution >= 4 is 29.4 Å². The highest BCUT2D eigenvalue weighted by molar-refractivity contribution is 6.34. The van der Waals surface area contributed by atoms with Crippen LogP contribution in [0.4, 0.5) is 5.69 Å². The lowest BCUT2D eigenvalue weighted by molar-refractivity contribution is -0.132. The second-order valence-corrected chi connectivity index (χ2v) is 6.04. The molecule has 0 atom stereocenters. The smallest absolute Gasteiger partial charge is 0.337 e. The van der Waals surface area contributed by atoms with Gasteiger partial charge < -0.3 is 10.4 Å². The number of carboxylic acids is 1. The lowest BCUT2D eigenvalue weighted by atomic mass is 10.0. The Morgan fingerprint density at radius 3 is 2.17 bits per heavy atom. The molecule has 3 amide bonds. The summed E-state index contributed by atoms with van der Waals surface area (Å²) in [5.41, 5.74) is 0.541. The number of carbonyl (C=O) groups is 4. The summed E-state index contributed by atoms with van der Waals surface area (Å²) in [5, 5.41) is 11.6. The molecule has 1 aliphatic rings. The summed E-state index contributed by atoms with van der Waals surface area (Å²) in [6.07, 6.45) is 2.27. The summed E-state index contributed by atoms with van der Waals surface area (Å²) >= 11 is 0. The minimum Gasteiger partial charge on any atom is -0.478 e. The topological polar surface area (TPSA) is 104 Å². The molecular weight excluding hydrogens is 372 g/mol. The number of carbonyl (C=O) groups excluding carboxylic acids is 3. The first-order valence-electron chi connectivity index (χ1n) is 8.50. The standard InChI is InChI=1S/C22H16N2O5/c1-3-15(22(28)29)18(4-2)23-19(25)13-10-11-16-17(12-13)21(27)24(20(16)26)14-8-6-5-7-9-14/h3-12H,1-2H2,(H,23,25)(H,28,29)/b18-15-. The van der Waals surface area contributed by atoms with Crippen molar-refractivity contribution in [2.75, 3.05) is 4.90 Å². The van der Waals surface area contributed by atoms with Gasteiger partial charge in [0, 0.05) is 5.56 Å². The van der Waals surface area contributed by atoms with Crippen molar-refractivity contribution in [3.8, 4) is 0 Å². The van der Waals surface area contributed by atoms with Gasteiger partial charge in [-0.1, -0.05) is 37.4 Å². The molecule has 0 unspecified atom stereocenters. The first-order valence-corrected chi connectivity index (χ1v) is 8.50. The quantitative estimate of drug-likeness (QED) is 0.450. The van der Waals surface area contributed by atoms with Crippen LogP contribution in [0.2, 0.25) is 0 Å². The molecule has 0 fully saturated rings. The van der Waals surface area contributed by atoms with Gasteiger partial charge >= 0.3 is 5.97 Å². The molecule has 1 aliphatic heterocycles. The third kappa shape index (κ3) is 3.49. The number of nitrogens with one attached hydrogen (secondary N) is 1. The van der Waals surface area contributed by atoms with E-state index in [1.165, 1.54) is 24.3 Å². The molecule has 0 bridgehead atoms. The largest absolute Gasteiger partial charge is 0.478 e. The van der Waals surface area contributed by atoms with E-state index in [0.717, 1.165) is 11.0 Å². The van der Waals surface area contributed by atoms with Crippen molar-refractivity contribution < 1.29 is 24.3 Å². The molecule has 0 saturated heterocycles. The number of carboxylic acid groups (broad SMARTS) is 1. The van der Waals surface area contributed by atoms with E-state index >= 15 is 0 Å². The van der Waals surface area contributed by atoms with Gasteiger partial charge in [-0.15, -0.1) is 0 Å². The predicted octanol–water partition coefficient (Wildman–Crippen LogP) is 2.93. The highest BCUT2D eigenvalue weighted by Gasteiger charge is 2.37. The monoisotopic (exact) mass is 388 g/mol. The number of amides is 3. The van der Waals surface area contributed by atoms with Crippen molar-refractivity contribution in [1.29, 1.82) is 0 Å². The number of benzene rings is 2. The normalized spacial score (nSPS) is 13.4. The van der Waals surface area contributed by atoms with Gasteiger partial charge in [0.2, 0.25) is 0 Å². The van der Waals surface area contributed by atoms with E-state index in [2.05, 4.69) is 18.5 Å². The Morgan fingerprint density at radius 1 is 0.931 bits per heavy atom. The van der Waals surface area contributed by atoms with Crippen molar-refractivity contribution in [2.24, 2.45) is 0 Å². The Bertz CT molecular complexity index is 1100. The minimum atomic E-state index is -1.27. The number of imide groups is 1. The molecule has 0 radical (unpaired) electrons. The molecule has 0 saturated carbocycles. The molecule has 144 valence electrons. The third-order valence-corrected chi connectivity index (χ3v) is 4.34. The summed E-state index contributed by atoms with van der Waals surface area (Å²) in [4.78, 5) is 50.2. The number of nitrogens with zero attached hydrogens (tertiary/aromatic N) is 1. The Morgan fingerprint density at radius 2 is 1.59 bits per heavy atom. The lowest BCUT2D eigenvalue weighted by Gasteiger charge is -2.13. The maximum absolute atomic E-state index is 12.8. The third-order valence-electron chi connectivity index (χ3n) is 4.34. The van der Waals surface area contributed by atoms with Gasteiger partial charge in [0.25, 0.3) is 17.7 Å². The van der Waals surface area contributed by atoms with Gasteiger partial charge in [0.1, 0.15) is 0 Å². The molecule has 2 aromatic carbocycles. The van der Waals surface area contributed by atoms with E-state index < -0.39 is 23.7 Å². The second-order valence-electron chi connectivity index (χ2n) is 6.04. The Labute approximate surface area is 166 Å². The predicted molar refractivity (Wildman–Crippen MR) is 107 cm³/mol. The molecule has 1 heterocycles. The number of hydrogen-bond acceptors (Lipinski definition) is 4. The second kappa shape index (κ2) is 7.77. The molecular formula is C22H16N2O5. The van der Waals surface area contributed by atoms with Gasteiger partial charge in [-0.3, -0.25) is 14.4 Å². The van der Waals surface area contributed by atoms with Crippen LogP contribution in [-0.2, 0) is 4.79 Å². The van der Waals surface area contributed by atoms with Gasteiger partial charge in [-0.2, -0.15) is 0 Å². The number of anilines is 1. The van der Waals surface area contributed by atoms with Crippen molar-refractivity contribution in [3.05, 3.63) is 102 Å². The summed E-state index contributed by atoms with van der Waals surface area (Å²) in [6.45, 7) is 6.90. The van der Waals surface area contributed by atoms with Gasteiger partial charge in [-0.05, 0) is 36.4 Å². The highest BCUT2D eigenvalue weighted by Crippen LogP contribution is 2.29. The van der Waals surface area contributed by atoms with Crippen LogP contribution in [0.3, 0.4) is 0 Å². The molecule has 2 aromatic rings. The fraction of sp³-hybridized carbons (Fsp3) is 0. The number of rotatable bonds is 6. The molecule has 2 N–H and O–H groups in total.